The molecule has 0 radical (unpaired) electrons. The summed E-state index contributed by atoms with van der Waals surface area (Å²) >= 11 is 6.24. The highest BCUT2D eigenvalue weighted by Crippen LogP contribution is 2.25. The fourth-order valence-electron chi connectivity index (χ4n) is 1.94. The van der Waals surface area contributed by atoms with Crippen molar-refractivity contribution in [2.24, 2.45) is 12.8 Å². The third-order valence-corrected chi connectivity index (χ3v) is 3.09. The third kappa shape index (κ3) is 1.93. The summed E-state index contributed by atoms with van der Waals surface area (Å²) in [4.78, 5) is 4.49. The Kier molecular flexibility index (Phi) is 2.91. The van der Waals surface area contributed by atoms with Crippen molar-refractivity contribution < 1.29 is 0 Å². The first-order chi connectivity index (χ1) is 7.86. The predicted octanol–water partition coefficient (Wildman–Crippen LogP) is 1.52. The molecule has 5 nitrogen and oxygen atoms in total. The quantitative estimate of drug-likeness (QED) is 0.885. The van der Waals surface area contributed by atoms with Crippen molar-refractivity contribution in [1.29, 1.82) is 0 Å². The minimum atomic E-state index is -0.0349. The van der Waals surface area contributed by atoms with Crippen molar-refractivity contribution in [3.05, 3.63) is 16.7 Å². The van der Waals surface area contributed by atoms with Crippen LogP contribution >= 0.6 is 11.6 Å². The molecule has 17 heavy (non-hydrogen) atoms. The fraction of sp³-hybridized carbons (Fsp3) is 0.636. The minimum Gasteiger partial charge on any atom is -0.330 e. The molecule has 2 aromatic rings. The van der Waals surface area contributed by atoms with Crippen LogP contribution in [0, 0.1) is 0 Å². The lowest BCUT2D eigenvalue weighted by atomic mass is 9.96. The van der Waals surface area contributed by atoms with Crippen molar-refractivity contribution in [1.82, 2.24) is 19.2 Å². The second-order valence-electron chi connectivity index (χ2n) is 5.23. The van der Waals surface area contributed by atoms with Crippen LogP contribution in [0.15, 0.2) is 0 Å². The van der Waals surface area contributed by atoms with Gasteiger partial charge in [-0.2, -0.15) is 4.52 Å². The topological polar surface area (TPSA) is 61.1 Å². The van der Waals surface area contributed by atoms with E-state index in [1.165, 1.54) is 0 Å². The smallest absolute Gasteiger partial charge is 0.233 e. The largest absolute Gasteiger partial charge is 0.330 e. The predicted molar refractivity (Wildman–Crippen MR) is 68.4 cm³/mol. The number of halogens is 1. The molecule has 0 unspecified atom stereocenters. The van der Waals surface area contributed by atoms with Crippen LogP contribution in [0.5, 0.6) is 0 Å². The van der Waals surface area contributed by atoms with Gasteiger partial charge in [0.1, 0.15) is 5.82 Å². The van der Waals surface area contributed by atoms with Crippen LogP contribution in [0.1, 0.15) is 32.3 Å². The van der Waals surface area contributed by atoms with Gasteiger partial charge in [0.25, 0.3) is 0 Å². The first kappa shape index (κ1) is 12.4. The molecule has 0 aliphatic rings. The fourth-order valence-corrected chi connectivity index (χ4v) is 2.19. The third-order valence-electron chi connectivity index (χ3n) is 2.71. The molecule has 2 aromatic heterocycles. The first-order valence-corrected chi connectivity index (χ1v) is 6.04. The summed E-state index contributed by atoms with van der Waals surface area (Å²) in [7, 11) is 1.96. The highest BCUT2D eigenvalue weighted by molar-refractivity contribution is 6.30. The Hall–Kier alpha value is -1.07. The van der Waals surface area contributed by atoms with Gasteiger partial charge < -0.3 is 5.73 Å². The molecule has 0 bridgehead atoms. The Labute approximate surface area is 106 Å². The molecule has 0 spiro atoms. The summed E-state index contributed by atoms with van der Waals surface area (Å²) in [6.07, 6.45) is 0.674. The van der Waals surface area contributed by atoms with Gasteiger partial charge in [-0.25, -0.2) is 4.98 Å². The van der Waals surface area contributed by atoms with Gasteiger partial charge in [0.05, 0.1) is 5.69 Å². The van der Waals surface area contributed by atoms with Gasteiger partial charge in [0.15, 0.2) is 5.15 Å². The first-order valence-electron chi connectivity index (χ1n) is 5.66. The molecular weight excluding hydrogens is 238 g/mol. The molecule has 0 aliphatic heterocycles. The van der Waals surface area contributed by atoms with E-state index in [-0.39, 0.29) is 5.41 Å². The van der Waals surface area contributed by atoms with Gasteiger partial charge in [-0.1, -0.05) is 32.4 Å². The number of hydrogen-bond acceptors (Lipinski definition) is 3. The van der Waals surface area contributed by atoms with Crippen LogP contribution in [0.2, 0.25) is 5.15 Å². The number of imidazole rings is 1. The molecule has 6 heteroatoms. The molecule has 0 aromatic carbocycles. The number of fused-ring (bicyclic) bond motifs is 1. The maximum atomic E-state index is 6.24. The summed E-state index contributed by atoms with van der Waals surface area (Å²) in [6, 6.07) is 0. The van der Waals surface area contributed by atoms with Crippen molar-refractivity contribution in [2.75, 3.05) is 6.54 Å². The Bertz CT molecular complexity index is 546. The van der Waals surface area contributed by atoms with E-state index in [9.17, 15) is 0 Å². The zero-order valence-electron chi connectivity index (χ0n) is 10.7. The van der Waals surface area contributed by atoms with Crippen molar-refractivity contribution >= 4 is 17.4 Å². The standard InChI is InChI=1S/C11H18ClN5/c1-11(2,3)9-15-17-8(12)7(5-6-13)14-10(17)16(9)4/h5-6,13H2,1-4H3. The van der Waals surface area contributed by atoms with Gasteiger partial charge in [-0.3, -0.25) is 4.57 Å². The molecule has 0 saturated heterocycles. The molecule has 0 fully saturated rings. The number of aryl methyl sites for hydroxylation is 1. The summed E-state index contributed by atoms with van der Waals surface area (Å²) < 4.78 is 3.67. The molecule has 0 atom stereocenters. The van der Waals surface area contributed by atoms with Gasteiger partial charge in [-0.05, 0) is 6.54 Å². The number of nitrogens with two attached hydrogens (primary N) is 1. The molecule has 94 valence electrons. The van der Waals surface area contributed by atoms with Gasteiger partial charge in [-0.15, -0.1) is 5.10 Å². The minimum absolute atomic E-state index is 0.0349. The SMILES string of the molecule is Cn1c(C(C)(C)C)nn2c(Cl)c(CCN)nc12. The van der Waals surface area contributed by atoms with E-state index in [0.717, 1.165) is 17.3 Å². The van der Waals surface area contributed by atoms with Crippen molar-refractivity contribution in [3.63, 3.8) is 0 Å². The van der Waals surface area contributed by atoms with Crippen LogP contribution in [-0.2, 0) is 18.9 Å². The van der Waals surface area contributed by atoms with Gasteiger partial charge in [0, 0.05) is 18.9 Å². The monoisotopic (exact) mass is 255 g/mol. The van der Waals surface area contributed by atoms with E-state index < -0.39 is 0 Å². The summed E-state index contributed by atoms with van der Waals surface area (Å²) in [5.74, 6) is 1.73. The maximum Gasteiger partial charge on any atom is 0.233 e. The van der Waals surface area contributed by atoms with Crippen molar-refractivity contribution in [2.45, 2.75) is 32.6 Å². The molecular formula is C11H18ClN5. The average molecular weight is 256 g/mol. The lowest BCUT2D eigenvalue weighted by Gasteiger charge is -2.16. The van der Waals surface area contributed by atoms with Crippen LogP contribution in [-0.4, -0.2) is 25.7 Å². The Morgan fingerprint density at radius 3 is 2.47 bits per heavy atom. The zero-order chi connectivity index (χ0) is 12.8. The van der Waals surface area contributed by atoms with Crippen LogP contribution in [0.25, 0.3) is 5.78 Å². The summed E-state index contributed by atoms with van der Waals surface area (Å²) in [5.41, 5.74) is 6.30. The van der Waals surface area contributed by atoms with Crippen LogP contribution in [0.3, 0.4) is 0 Å². The molecule has 2 heterocycles. The number of nitrogens with zero attached hydrogens (tertiary/aromatic N) is 4. The lowest BCUT2D eigenvalue weighted by molar-refractivity contribution is 0.519. The highest BCUT2D eigenvalue weighted by Gasteiger charge is 2.24. The summed E-state index contributed by atoms with van der Waals surface area (Å²) in [6.45, 7) is 6.88. The Balaban J connectivity index is 2.62. The molecule has 2 N–H and O–H groups in total. The Morgan fingerprint density at radius 2 is 2.00 bits per heavy atom. The van der Waals surface area contributed by atoms with E-state index in [4.69, 9.17) is 17.3 Å². The molecule has 0 aliphatic carbocycles. The number of rotatable bonds is 2. The second-order valence-corrected chi connectivity index (χ2v) is 5.59. The molecule has 2 rings (SSSR count). The van der Waals surface area contributed by atoms with Gasteiger partial charge in [0.2, 0.25) is 5.78 Å². The molecule has 0 saturated carbocycles. The zero-order valence-corrected chi connectivity index (χ0v) is 11.4. The summed E-state index contributed by atoms with van der Waals surface area (Å²) in [5, 5.41) is 5.10. The Morgan fingerprint density at radius 1 is 1.35 bits per heavy atom. The van der Waals surface area contributed by atoms with E-state index in [1.807, 2.05) is 11.6 Å². The maximum absolute atomic E-state index is 6.24. The van der Waals surface area contributed by atoms with E-state index >= 15 is 0 Å². The second kappa shape index (κ2) is 3.99. The molecule has 0 amide bonds. The van der Waals surface area contributed by atoms with Crippen LogP contribution < -0.4 is 5.73 Å². The van der Waals surface area contributed by atoms with E-state index in [1.54, 1.807) is 4.52 Å². The van der Waals surface area contributed by atoms with Crippen molar-refractivity contribution in [3.8, 4) is 0 Å². The number of aromatic nitrogens is 4. The number of hydrogen-bond donors (Lipinski definition) is 1. The van der Waals surface area contributed by atoms with E-state index in [0.29, 0.717) is 18.1 Å². The van der Waals surface area contributed by atoms with Gasteiger partial charge >= 0.3 is 0 Å². The highest BCUT2D eigenvalue weighted by atomic mass is 35.5. The lowest BCUT2D eigenvalue weighted by Crippen LogP contribution is -2.17. The average Bonchev–Trinajstić information content (AvgIpc) is 2.68. The van der Waals surface area contributed by atoms with E-state index in [2.05, 4.69) is 30.9 Å². The van der Waals surface area contributed by atoms with Crippen LogP contribution in [0.4, 0.5) is 0 Å². The normalized spacial score (nSPS) is 12.6.